The molecule has 0 radical (unpaired) electrons. The predicted octanol–water partition coefficient (Wildman–Crippen LogP) is 0.848. The topological polar surface area (TPSA) is 66.7 Å². The van der Waals surface area contributed by atoms with Gasteiger partial charge >= 0.3 is 5.95 Å². The second-order valence-electron chi connectivity index (χ2n) is 2.84. The lowest BCUT2D eigenvalue weighted by atomic mass is 9.92. The molecule has 0 fully saturated rings. The van der Waals surface area contributed by atoms with Gasteiger partial charge in [-0.3, -0.25) is 4.58 Å². The summed E-state index contributed by atoms with van der Waals surface area (Å²) in [5.74, 6) is 0.0639. The van der Waals surface area contributed by atoms with Crippen LogP contribution >= 0.6 is 0 Å². The van der Waals surface area contributed by atoms with E-state index in [0.29, 0.717) is 5.76 Å². The van der Waals surface area contributed by atoms with Crippen LogP contribution in [0.2, 0.25) is 0 Å². The van der Waals surface area contributed by atoms with Crippen molar-refractivity contribution in [3.63, 3.8) is 0 Å². The molecule has 58 valence electrons. The predicted molar refractivity (Wildman–Crippen MR) is 32.8 cm³/mol. The average molecular weight is 146 g/mol. The van der Waals surface area contributed by atoms with Gasteiger partial charge < -0.3 is 10.2 Å². The monoisotopic (exact) mass is 146 g/mol. The summed E-state index contributed by atoms with van der Waals surface area (Å²) in [5.41, 5.74) is -0.553. The Labute approximate surface area is 58.0 Å². The molecule has 0 saturated carbocycles. The average Bonchev–Trinajstić information content (AvgIpc) is 1.84. The first-order chi connectivity index (χ1) is 4.58. The Morgan fingerprint density at radius 2 is 2.00 bits per heavy atom. The molecule has 0 bridgehead atoms. The fourth-order valence-electron chi connectivity index (χ4n) is 0.595. The Kier molecular flexibility index (Phi) is 1.48. The van der Waals surface area contributed by atoms with Crippen molar-refractivity contribution in [2.45, 2.75) is 19.3 Å². The standard InChI is InChI=1S/C6H10O4/c1-6(2,3-7)4-5(8)10-9-4/h7-8H,3H2,1-2H3. The first kappa shape index (κ1) is 7.21. The minimum absolute atomic E-state index is 0.0875. The van der Waals surface area contributed by atoms with Crippen molar-refractivity contribution >= 4 is 0 Å². The summed E-state index contributed by atoms with van der Waals surface area (Å²) in [6.07, 6.45) is 0. The van der Waals surface area contributed by atoms with Crippen LogP contribution in [0.4, 0.5) is 0 Å². The molecule has 0 aliphatic rings. The third-order valence-corrected chi connectivity index (χ3v) is 1.41. The van der Waals surface area contributed by atoms with Gasteiger partial charge in [0, 0.05) is 0 Å². The lowest BCUT2D eigenvalue weighted by Crippen LogP contribution is -2.23. The van der Waals surface area contributed by atoms with Crippen molar-refractivity contribution in [3.8, 4) is 5.95 Å². The van der Waals surface area contributed by atoms with Crippen molar-refractivity contribution in [1.82, 2.24) is 0 Å². The minimum Gasteiger partial charge on any atom is -0.475 e. The molecule has 1 aromatic rings. The molecular formula is C6H10O4. The number of rotatable bonds is 2. The molecule has 0 atom stereocenters. The number of aromatic hydroxyl groups is 1. The molecule has 1 rings (SSSR count). The van der Waals surface area contributed by atoms with E-state index >= 15 is 0 Å². The molecule has 0 saturated heterocycles. The highest BCUT2D eigenvalue weighted by atomic mass is 17.0. The molecule has 1 heterocycles. The highest BCUT2D eigenvalue weighted by molar-refractivity contribution is 5.18. The van der Waals surface area contributed by atoms with Gasteiger partial charge in [-0.2, -0.15) is 0 Å². The molecule has 0 aliphatic carbocycles. The molecule has 0 unspecified atom stereocenters. The highest BCUT2D eigenvalue weighted by Crippen LogP contribution is 2.33. The van der Waals surface area contributed by atoms with E-state index < -0.39 is 5.41 Å². The van der Waals surface area contributed by atoms with Gasteiger partial charge in [0.1, 0.15) is 0 Å². The molecule has 10 heavy (non-hydrogen) atoms. The number of hydrogen-bond acceptors (Lipinski definition) is 4. The Morgan fingerprint density at radius 3 is 2.10 bits per heavy atom. The summed E-state index contributed by atoms with van der Waals surface area (Å²) in [6, 6.07) is 0. The molecule has 0 aromatic carbocycles. The first-order valence-electron chi connectivity index (χ1n) is 2.97. The van der Waals surface area contributed by atoms with E-state index in [1.165, 1.54) is 0 Å². The van der Waals surface area contributed by atoms with Crippen LogP contribution in [0.3, 0.4) is 0 Å². The maximum atomic E-state index is 8.80. The molecule has 4 nitrogen and oxygen atoms in total. The van der Waals surface area contributed by atoms with E-state index in [0.717, 1.165) is 0 Å². The Balaban J connectivity index is 2.80. The van der Waals surface area contributed by atoms with Gasteiger partial charge in [0.25, 0.3) is 0 Å². The number of aliphatic hydroxyl groups is 1. The van der Waals surface area contributed by atoms with Gasteiger partial charge in [0.2, 0.25) is 5.76 Å². The Bertz CT molecular complexity index is 208. The smallest absolute Gasteiger partial charge is 0.372 e. The van der Waals surface area contributed by atoms with Crippen LogP contribution in [-0.2, 0) is 5.41 Å². The molecule has 0 amide bonds. The van der Waals surface area contributed by atoms with E-state index in [2.05, 4.69) is 9.15 Å². The van der Waals surface area contributed by atoms with Crippen molar-refractivity contribution < 1.29 is 19.4 Å². The first-order valence-corrected chi connectivity index (χ1v) is 2.97. The lowest BCUT2D eigenvalue weighted by molar-refractivity contribution is -0.0708. The maximum absolute atomic E-state index is 8.80. The fraction of sp³-hybridized carbons (Fsp3) is 0.667. The third kappa shape index (κ3) is 0.903. The van der Waals surface area contributed by atoms with Gasteiger partial charge in [-0.15, -0.1) is 0 Å². The largest absolute Gasteiger partial charge is 0.475 e. The van der Waals surface area contributed by atoms with E-state index in [1.807, 2.05) is 0 Å². The van der Waals surface area contributed by atoms with Crippen molar-refractivity contribution in [1.29, 1.82) is 0 Å². The van der Waals surface area contributed by atoms with Gasteiger partial charge in [0.05, 0.1) is 12.0 Å². The van der Waals surface area contributed by atoms with Crippen molar-refractivity contribution in [2.75, 3.05) is 6.61 Å². The quantitative estimate of drug-likeness (QED) is 0.607. The van der Waals surface area contributed by atoms with Crippen molar-refractivity contribution in [3.05, 3.63) is 5.76 Å². The summed E-state index contributed by atoms with van der Waals surface area (Å²) in [4.78, 5) is 0. The minimum atomic E-state index is -0.553. The summed E-state index contributed by atoms with van der Waals surface area (Å²) in [7, 11) is 0. The molecule has 0 aliphatic heterocycles. The van der Waals surface area contributed by atoms with Crippen molar-refractivity contribution in [2.24, 2.45) is 0 Å². The third-order valence-electron chi connectivity index (χ3n) is 1.41. The van der Waals surface area contributed by atoms with Crippen LogP contribution in [0.1, 0.15) is 19.6 Å². The fourth-order valence-corrected chi connectivity index (χ4v) is 0.595. The van der Waals surface area contributed by atoms with Gasteiger partial charge in [0.15, 0.2) is 0 Å². The lowest BCUT2D eigenvalue weighted by Gasteiger charge is -2.19. The Morgan fingerprint density at radius 1 is 1.40 bits per heavy atom. The van der Waals surface area contributed by atoms with Gasteiger partial charge in [-0.1, -0.05) is 13.8 Å². The summed E-state index contributed by atoms with van der Waals surface area (Å²) in [5, 5.41) is 17.6. The zero-order chi connectivity index (χ0) is 7.78. The van der Waals surface area contributed by atoms with Crippen LogP contribution < -0.4 is 0 Å². The van der Waals surface area contributed by atoms with Crippen LogP contribution in [0.5, 0.6) is 5.95 Å². The molecule has 4 heteroatoms. The van der Waals surface area contributed by atoms with E-state index in [-0.39, 0.29) is 12.6 Å². The van der Waals surface area contributed by atoms with Gasteiger partial charge in [-0.05, 0) is 0 Å². The normalized spacial score (nSPS) is 12.3. The van der Waals surface area contributed by atoms with E-state index in [1.54, 1.807) is 13.8 Å². The summed E-state index contributed by atoms with van der Waals surface area (Å²) < 4.78 is 8.62. The highest BCUT2D eigenvalue weighted by Gasteiger charge is 2.32. The Hall–Kier alpha value is -0.900. The maximum Gasteiger partial charge on any atom is 0.372 e. The van der Waals surface area contributed by atoms with Crippen LogP contribution in [0, 0.1) is 0 Å². The van der Waals surface area contributed by atoms with Crippen LogP contribution in [0.25, 0.3) is 0 Å². The van der Waals surface area contributed by atoms with Gasteiger partial charge in [-0.25, -0.2) is 4.58 Å². The molecule has 0 spiro atoms. The zero-order valence-electron chi connectivity index (χ0n) is 5.92. The second-order valence-corrected chi connectivity index (χ2v) is 2.84. The molecule has 1 aromatic heterocycles. The number of aliphatic hydroxyl groups excluding tert-OH is 1. The van der Waals surface area contributed by atoms with E-state index in [9.17, 15) is 0 Å². The second kappa shape index (κ2) is 2.05. The SMILES string of the molecule is CC(C)(CO)c1ooc1O. The summed E-state index contributed by atoms with van der Waals surface area (Å²) in [6.45, 7) is 3.39. The zero-order valence-corrected chi connectivity index (χ0v) is 5.92. The molecule has 2 N–H and O–H groups in total. The molecular weight excluding hydrogens is 136 g/mol. The summed E-state index contributed by atoms with van der Waals surface area (Å²) >= 11 is 0. The van der Waals surface area contributed by atoms with Crippen LogP contribution in [-0.4, -0.2) is 16.8 Å². The number of hydrogen-bond donors (Lipinski definition) is 2. The van der Waals surface area contributed by atoms with Crippen LogP contribution in [0.15, 0.2) is 9.15 Å². The van der Waals surface area contributed by atoms with E-state index in [4.69, 9.17) is 10.2 Å².